The van der Waals surface area contributed by atoms with Gasteiger partial charge in [0.1, 0.15) is 0 Å². The van der Waals surface area contributed by atoms with Crippen LogP contribution in [-0.2, 0) is 0 Å². The zero-order chi connectivity index (χ0) is 17.0. The summed E-state index contributed by atoms with van der Waals surface area (Å²) in [5, 5.41) is 7.92. The maximum Gasteiger partial charge on any atom is 0.254 e. The number of aromatic nitrogens is 2. The zero-order valence-electron chi connectivity index (χ0n) is 13.7. The molecule has 6 heteroatoms. The van der Waals surface area contributed by atoms with E-state index in [2.05, 4.69) is 10.4 Å². The van der Waals surface area contributed by atoms with Crippen LogP contribution in [0.1, 0.15) is 49.2 Å². The molecule has 23 heavy (non-hydrogen) atoms. The second kappa shape index (κ2) is 7.62. The van der Waals surface area contributed by atoms with Gasteiger partial charge in [0.15, 0.2) is 0 Å². The zero-order valence-corrected chi connectivity index (χ0v) is 14.5. The number of hydrogen-bond acceptors (Lipinski definition) is 3. The van der Waals surface area contributed by atoms with Crippen LogP contribution in [0.4, 0.5) is 0 Å². The number of carbonyl (C=O) groups is 1. The molecule has 0 aliphatic rings. The molecule has 0 saturated carbocycles. The molecule has 1 unspecified atom stereocenters. The van der Waals surface area contributed by atoms with Gasteiger partial charge >= 0.3 is 0 Å². The molecule has 3 N–H and O–H groups in total. The molecule has 2 aromatic rings. The molecule has 0 radical (unpaired) electrons. The van der Waals surface area contributed by atoms with E-state index < -0.39 is 0 Å². The normalized spacial score (nSPS) is 12.4. The summed E-state index contributed by atoms with van der Waals surface area (Å²) >= 11 is 6.06. The third kappa shape index (κ3) is 4.33. The standard InChI is InChI=1S/C17H23ClN4O/c1-11(2)16-15(17(23)20-8-7-12(3)19)10-21-22(16)14-6-4-5-13(18)9-14/h4-6,9-12H,7-8,19H2,1-3H3,(H,20,23). The van der Waals surface area contributed by atoms with Crippen molar-refractivity contribution < 1.29 is 4.79 Å². The first kappa shape index (κ1) is 17.5. The smallest absolute Gasteiger partial charge is 0.254 e. The Morgan fingerprint density at radius 3 is 2.74 bits per heavy atom. The lowest BCUT2D eigenvalue weighted by Gasteiger charge is -2.13. The van der Waals surface area contributed by atoms with Crippen LogP contribution in [0.3, 0.4) is 0 Å². The van der Waals surface area contributed by atoms with Gasteiger partial charge in [-0.2, -0.15) is 5.10 Å². The van der Waals surface area contributed by atoms with Crippen LogP contribution in [0.2, 0.25) is 5.02 Å². The predicted molar refractivity (Wildman–Crippen MR) is 93.3 cm³/mol. The minimum atomic E-state index is -0.123. The monoisotopic (exact) mass is 334 g/mol. The molecule has 1 amide bonds. The summed E-state index contributed by atoms with van der Waals surface area (Å²) in [5.74, 6) is 0.0216. The Bertz CT molecular complexity index is 679. The molecule has 0 spiro atoms. The number of benzene rings is 1. The van der Waals surface area contributed by atoms with Crippen molar-refractivity contribution in [1.29, 1.82) is 0 Å². The second-order valence-electron chi connectivity index (χ2n) is 6.01. The Hall–Kier alpha value is -1.85. The lowest BCUT2D eigenvalue weighted by atomic mass is 10.0. The van der Waals surface area contributed by atoms with Crippen LogP contribution in [0.25, 0.3) is 5.69 Å². The summed E-state index contributed by atoms with van der Waals surface area (Å²) in [6.45, 7) is 6.55. The molecule has 2 rings (SSSR count). The van der Waals surface area contributed by atoms with Crippen molar-refractivity contribution in [1.82, 2.24) is 15.1 Å². The average molecular weight is 335 g/mol. The summed E-state index contributed by atoms with van der Waals surface area (Å²) in [6, 6.07) is 7.49. The molecular formula is C17H23ClN4O. The van der Waals surface area contributed by atoms with Crippen LogP contribution in [0.5, 0.6) is 0 Å². The van der Waals surface area contributed by atoms with Gasteiger partial charge in [0.25, 0.3) is 5.91 Å². The first-order valence-electron chi connectivity index (χ1n) is 7.77. The number of nitrogens with one attached hydrogen (secondary N) is 1. The summed E-state index contributed by atoms with van der Waals surface area (Å²) in [5.41, 5.74) is 8.01. The van der Waals surface area contributed by atoms with E-state index in [1.807, 2.05) is 45.0 Å². The third-order valence-electron chi connectivity index (χ3n) is 3.54. The average Bonchev–Trinajstić information content (AvgIpc) is 2.91. The molecule has 1 atom stereocenters. The van der Waals surface area contributed by atoms with E-state index in [9.17, 15) is 4.79 Å². The minimum Gasteiger partial charge on any atom is -0.352 e. The van der Waals surface area contributed by atoms with Crippen LogP contribution in [0.15, 0.2) is 30.5 Å². The molecule has 0 fully saturated rings. The summed E-state index contributed by atoms with van der Waals surface area (Å²) < 4.78 is 1.77. The van der Waals surface area contributed by atoms with Gasteiger partial charge in [0.05, 0.1) is 23.1 Å². The van der Waals surface area contributed by atoms with Gasteiger partial charge in [-0.3, -0.25) is 4.79 Å². The number of nitrogens with zero attached hydrogens (tertiary/aromatic N) is 2. The Morgan fingerprint density at radius 2 is 2.13 bits per heavy atom. The van der Waals surface area contributed by atoms with E-state index in [1.165, 1.54) is 0 Å². The lowest BCUT2D eigenvalue weighted by molar-refractivity contribution is 0.0951. The van der Waals surface area contributed by atoms with E-state index in [0.29, 0.717) is 17.1 Å². The van der Waals surface area contributed by atoms with Gasteiger partial charge in [0, 0.05) is 17.6 Å². The van der Waals surface area contributed by atoms with E-state index in [-0.39, 0.29) is 17.9 Å². The first-order valence-corrected chi connectivity index (χ1v) is 8.15. The molecule has 1 heterocycles. The van der Waals surface area contributed by atoms with Gasteiger partial charge < -0.3 is 11.1 Å². The predicted octanol–water partition coefficient (Wildman–Crippen LogP) is 3.12. The van der Waals surface area contributed by atoms with Crippen molar-refractivity contribution in [3.05, 3.63) is 46.7 Å². The molecule has 0 aliphatic carbocycles. The number of nitrogens with two attached hydrogens (primary N) is 1. The van der Waals surface area contributed by atoms with Gasteiger partial charge in [-0.15, -0.1) is 0 Å². The van der Waals surface area contributed by atoms with Crippen LogP contribution >= 0.6 is 11.6 Å². The van der Waals surface area contributed by atoms with Crippen molar-refractivity contribution in [2.24, 2.45) is 5.73 Å². The Morgan fingerprint density at radius 1 is 1.39 bits per heavy atom. The Balaban J connectivity index is 2.30. The van der Waals surface area contributed by atoms with Crippen molar-refractivity contribution in [2.45, 2.75) is 39.2 Å². The van der Waals surface area contributed by atoms with Crippen LogP contribution < -0.4 is 11.1 Å². The first-order chi connectivity index (χ1) is 10.9. The van der Waals surface area contributed by atoms with Crippen LogP contribution in [-0.4, -0.2) is 28.3 Å². The third-order valence-corrected chi connectivity index (χ3v) is 3.77. The van der Waals surface area contributed by atoms with E-state index in [0.717, 1.165) is 17.8 Å². The van der Waals surface area contributed by atoms with Crippen molar-refractivity contribution >= 4 is 17.5 Å². The topological polar surface area (TPSA) is 72.9 Å². The second-order valence-corrected chi connectivity index (χ2v) is 6.45. The molecular weight excluding hydrogens is 312 g/mol. The van der Waals surface area contributed by atoms with E-state index in [4.69, 9.17) is 17.3 Å². The summed E-state index contributed by atoms with van der Waals surface area (Å²) in [7, 11) is 0. The number of amides is 1. The van der Waals surface area contributed by atoms with Gasteiger partial charge in [0.2, 0.25) is 0 Å². The highest BCUT2D eigenvalue weighted by Crippen LogP contribution is 2.24. The Kier molecular flexibility index (Phi) is 5.80. The van der Waals surface area contributed by atoms with Gasteiger partial charge in [-0.05, 0) is 37.5 Å². The highest BCUT2D eigenvalue weighted by molar-refractivity contribution is 6.30. The number of halogens is 1. The quantitative estimate of drug-likeness (QED) is 0.852. The highest BCUT2D eigenvalue weighted by atomic mass is 35.5. The largest absolute Gasteiger partial charge is 0.352 e. The SMILES string of the molecule is CC(N)CCNC(=O)c1cnn(-c2cccc(Cl)c2)c1C(C)C. The summed E-state index contributed by atoms with van der Waals surface area (Å²) in [4.78, 5) is 12.4. The maximum absolute atomic E-state index is 12.4. The van der Waals surface area contributed by atoms with Gasteiger partial charge in [-0.25, -0.2) is 4.68 Å². The number of carbonyl (C=O) groups excluding carboxylic acids is 1. The fourth-order valence-corrected chi connectivity index (χ4v) is 2.60. The highest BCUT2D eigenvalue weighted by Gasteiger charge is 2.20. The number of rotatable bonds is 6. The number of hydrogen-bond donors (Lipinski definition) is 2. The van der Waals surface area contributed by atoms with E-state index >= 15 is 0 Å². The van der Waals surface area contributed by atoms with Crippen molar-refractivity contribution in [3.63, 3.8) is 0 Å². The maximum atomic E-state index is 12.4. The Labute approximate surface area is 141 Å². The van der Waals surface area contributed by atoms with Gasteiger partial charge in [-0.1, -0.05) is 31.5 Å². The molecule has 0 aliphatic heterocycles. The fraction of sp³-hybridized carbons (Fsp3) is 0.412. The lowest BCUT2D eigenvalue weighted by Crippen LogP contribution is -2.29. The van der Waals surface area contributed by atoms with Crippen LogP contribution in [0, 0.1) is 0 Å². The molecule has 0 saturated heterocycles. The fourth-order valence-electron chi connectivity index (χ4n) is 2.41. The van der Waals surface area contributed by atoms with Crippen molar-refractivity contribution in [2.75, 3.05) is 6.54 Å². The molecule has 1 aromatic carbocycles. The molecule has 0 bridgehead atoms. The van der Waals surface area contributed by atoms with E-state index in [1.54, 1.807) is 10.9 Å². The molecule has 1 aromatic heterocycles. The summed E-state index contributed by atoms with van der Waals surface area (Å²) in [6.07, 6.45) is 2.35. The molecule has 124 valence electrons. The van der Waals surface area contributed by atoms with Crippen molar-refractivity contribution in [3.8, 4) is 5.69 Å². The molecule has 5 nitrogen and oxygen atoms in total. The minimum absolute atomic E-state index is 0.0639.